The van der Waals surface area contributed by atoms with Crippen molar-refractivity contribution in [2.75, 3.05) is 20.3 Å². The summed E-state index contributed by atoms with van der Waals surface area (Å²) in [6, 6.07) is 15.1. The van der Waals surface area contributed by atoms with Gasteiger partial charge in [0.05, 0.1) is 0 Å². The average molecular weight is 481 g/mol. The SMILES string of the molecule is COCCC(NC(=O)OCC1c2ccccc2-c2ccccc21)C(=O)NC1(C(=O)O)CCCCC1. The molecule has 8 heteroatoms. The van der Waals surface area contributed by atoms with E-state index in [1.54, 1.807) is 0 Å². The summed E-state index contributed by atoms with van der Waals surface area (Å²) in [5.74, 6) is -1.69. The molecule has 4 rings (SSSR count). The standard InChI is InChI=1S/C27H32N2O6/c1-34-16-13-23(24(30)29-27(25(31)32)14-7-2-8-15-27)28-26(33)35-17-22-20-11-5-3-9-18(20)19-10-4-6-12-21(19)22/h3-6,9-12,22-23H,2,7-8,13-17H2,1H3,(H,28,33)(H,29,30)(H,31,32). The topological polar surface area (TPSA) is 114 Å². The molecule has 0 aromatic heterocycles. The van der Waals surface area contributed by atoms with Crippen LogP contribution in [0.1, 0.15) is 55.6 Å². The second kappa shape index (κ2) is 10.9. The molecular weight excluding hydrogens is 448 g/mol. The summed E-state index contributed by atoms with van der Waals surface area (Å²) in [5.41, 5.74) is 3.14. The monoisotopic (exact) mass is 480 g/mol. The van der Waals surface area contributed by atoms with Crippen LogP contribution in [0.4, 0.5) is 4.79 Å². The molecule has 3 N–H and O–H groups in total. The van der Waals surface area contributed by atoms with Crippen LogP contribution in [0.5, 0.6) is 0 Å². The number of hydrogen-bond acceptors (Lipinski definition) is 5. The molecule has 2 aromatic carbocycles. The Morgan fingerprint density at radius 1 is 1.00 bits per heavy atom. The van der Waals surface area contributed by atoms with Gasteiger partial charge in [0.1, 0.15) is 18.2 Å². The summed E-state index contributed by atoms with van der Waals surface area (Å²) in [4.78, 5) is 37.8. The molecule has 2 aliphatic rings. The van der Waals surface area contributed by atoms with Crippen LogP contribution in [-0.4, -0.2) is 55.0 Å². The highest BCUT2D eigenvalue weighted by Gasteiger charge is 2.42. The van der Waals surface area contributed by atoms with Gasteiger partial charge in [-0.2, -0.15) is 0 Å². The molecule has 1 saturated carbocycles. The molecular formula is C27H32N2O6. The van der Waals surface area contributed by atoms with E-state index in [-0.39, 0.29) is 25.6 Å². The first-order valence-corrected chi connectivity index (χ1v) is 12.1. The van der Waals surface area contributed by atoms with Crippen LogP contribution in [0.15, 0.2) is 48.5 Å². The Morgan fingerprint density at radius 3 is 2.17 bits per heavy atom. The van der Waals surface area contributed by atoms with Crippen LogP contribution in [0, 0.1) is 0 Å². The number of hydrogen-bond donors (Lipinski definition) is 3. The van der Waals surface area contributed by atoms with Crippen molar-refractivity contribution in [2.24, 2.45) is 0 Å². The number of amides is 2. The van der Waals surface area contributed by atoms with Crippen LogP contribution in [-0.2, 0) is 19.1 Å². The molecule has 0 bridgehead atoms. The van der Waals surface area contributed by atoms with Gasteiger partial charge in [-0.1, -0.05) is 67.8 Å². The molecule has 2 aromatic rings. The summed E-state index contributed by atoms with van der Waals surface area (Å²) in [6.07, 6.45) is 2.62. The van der Waals surface area contributed by atoms with E-state index >= 15 is 0 Å². The fourth-order valence-corrected chi connectivity index (χ4v) is 5.16. The van der Waals surface area contributed by atoms with Gasteiger partial charge in [0, 0.05) is 26.1 Å². The lowest BCUT2D eigenvalue weighted by Gasteiger charge is -2.35. The minimum Gasteiger partial charge on any atom is -0.480 e. The fourth-order valence-electron chi connectivity index (χ4n) is 5.16. The van der Waals surface area contributed by atoms with Crippen LogP contribution in [0.25, 0.3) is 11.1 Å². The second-order valence-electron chi connectivity index (χ2n) is 9.24. The van der Waals surface area contributed by atoms with E-state index in [9.17, 15) is 19.5 Å². The zero-order valence-electron chi connectivity index (χ0n) is 19.9. The van der Waals surface area contributed by atoms with Crippen molar-refractivity contribution in [1.82, 2.24) is 10.6 Å². The number of aliphatic carboxylic acids is 1. The average Bonchev–Trinajstić information content (AvgIpc) is 3.19. The lowest BCUT2D eigenvalue weighted by molar-refractivity contribution is -0.149. The molecule has 1 fully saturated rings. The van der Waals surface area contributed by atoms with Crippen molar-refractivity contribution >= 4 is 18.0 Å². The number of carboxylic acids is 1. The number of benzene rings is 2. The van der Waals surface area contributed by atoms with Crippen molar-refractivity contribution in [3.8, 4) is 11.1 Å². The quantitative estimate of drug-likeness (QED) is 0.503. The largest absolute Gasteiger partial charge is 0.480 e. The molecule has 0 saturated heterocycles. The highest BCUT2D eigenvalue weighted by molar-refractivity contribution is 5.91. The Balaban J connectivity index is 1.42. The summed E-state index contributed by atoms with van der Waals surface area (Å²) < 4.78 is 10.7. The van der Waals surface area contributed by atoms with Crippen LogP contribution in [0.2, 0.25) is 0 Å². The molecule has 0 heterocycles. The van der Waals surface area contributed by atoms with E-state index in [1.807, 2.05) is 36.4 Å². The van der Waals surface area contributed by atoms with E-state index in [1.165, 1.54) is 7.11 Å². The number of carbonyl (C=O) groups excluding carboxylic acids is 2. The first-order chi connectivity index (χ1) is 16.9. The zero-order valence-corrected chi connectivity index (χ0v) is 19.9. The van der Waals surface area contributed by atoms with Crippen molar-refractivity contribution in [1.29, 1.82) is 0 Å². The van der Waals surface area contributed by atoms with Gasteiger partial charge in [-0.15, -0.1) is 0 Å². The lowest BCUT2D eigenvalue weighted by atomic mass is 9.81. The third kappa shape index (κ3) is 5.32. The molecule has 1 unspecified atom stereocenters. The Labute approximate surface area is 205 Å². The highest BCUT2D eigenvalue weighted by Crippen LogP contribution is 2.44. The molecule has 0 radical (unpaired) electrons. The molecule has 2 aliphatic carbocycles. The first kappa shape index (κ1) is 24.7. The smallest absolute Gasteiger partial charge is 0.407 e. The third-order valence-electron chi connectivity index (χ3n) is 7.04. The molecule has 1 atom stereocenters. The normalized spacial score (nSPS) is 17.1. The summed E-state index contributed by atoms with van der Waals surface area (Å²) >= 11 is 0. The number of alkyl carbamates (subject to hydrolysis) is 1. The van der Waals surface area contributed by atoms with Crippen molar-refractivity contribution in [3.05, 3.63) is 59.7 Å². The minimum absolute atomic E-state index is 0.100. The Kier molecular flexibility index (Phi) is 7.70. The van der Waals surface area contributed by atoms with Crippen molar-refractivity contribution < 1.29 is 29.0 Å². The number of fused-ring (bicyclic) bond motifs is 3. The summed E-state index contributed by atoms with van der Waals surface area (Å²) in [5, 5.41) is 15.1. The Morgan fingerprint density at radius 2 is 1.60 bits per heavy atom. The minimum atomic E-state index is -1.30. The molecule has 35 heavy (non-hydrogen) atoms. The van der Waals surface area contributed by atoms with Crippen LogP contribution >= 0.6 is 0 Å². The second-order valence-corrected chi connectivity index (χ2v) is 9.24. The van der Waals surface area contributed by atoms with E-state index < -0.39 is 29.6 Å². The number of carbonyl (C=O) groups is 3. The van der Waals surface area contributed by atoms with Gasteiger partial charge in [0.15, 0.2) is 0 Å². The first-order valence-electron chi connectivity index (χ1n) is 12.1. The lowest BCUT2D eigenvalue weighted by Crippen LogP contribution is -2.60. The Bertz CT molecular complexity index is 1030. The summed E-state index contributed by atoms with van der Waals surface area (Å²) in [7, 11) is 1.50. The maximum absolute atomic E-state index is 13.0. The van der Waals surface area contributed by atoms with E-state index in [0.717, 1.165) is 41.5 Å². The number of rotatable bonds is 9. The van der Waals surface area contributed by atoms with Gasteiger partial charge in [0.25, 0.3) is 0 Å². The van der Waals surface area contributed by atoms with E-state index in [2.05, 4.69) is 22.8 Å². The third-order valence-corrected chi connectivity index (χ3v) is 7.04. The van der Waals surface area contributed by atoms with E-state index in [4.69, 9.17) is 9.47 Å². The van der Waals surface area contributed by atoms with Gasteiger partial charge in [-0.3, -0.25) is 4.79 Å². The van der Waals surface area contributed by atoms with Gasteiger partial charge in [0.2, 0.25) is 5.91 Å². The van der Waals surface area contributed by atoms with Crippen LogP contribution in [0.3, 0.4) is 0 Å². The molecule has 186 valence electrons. The van der Waals surface area contributed by atoms with Gasteiger partial charge in [-0.05, 0) is 35.1 Å². The van der Waals surface area contributed by atoms with Gasteiger partial charge < -0.3 is 25.2 Å². The molecule has 2 amide bonds. The Hall–Kier alpha value is -3.39. The highest BCUT2D eigenvalue weighted by atomic mass is 16.5. The van der Waals surface area contributed by atoms with Crippen molar-refractivity contribution in [2.45, 2.75) is 56.0 Å². The summed E-state index contributed by atoms with van der Waals surface area (Å²) in [6.45, 7) is 0.347. The predicted molar refractivity (Wildman–Crippen MR) is 130 cm³/mol. The maximum atomic E-state index is 13.0. The van der Waals surface area contributed by atoms with Gasteiger partial charge >= 0.3 is 12.1 Å². The number of nitrogens with one attached hydrogen (secondary N) is 2. The van der Waals surface area contributed by atoms with E-state index in [0.29, 0.717) is 12.8 Å². The molecule has 0 spiro atoms. The molecule has 0 aliphatic heterocycles. The predicted octanol–water partition coefficient (Wildman–Crippen LogP) is 3.83. The molecule has 8 nitrogen and oxygen atoms in total. The number of ether oxygens (including phenoxy) is 2. The fraction of sp³-hybridized carbons (Fsp3) is 0.444. The number of carboxylic acid groups (broad SMARTS) is 1. The van der Waals surface area contributed by atoms with Crippen LogP contribution < -0.4 is 10.6 Å². The van der Waals surface area contributed by atoms with Crippen molar-refractivity contribution in [3.63, 3.8) is 0 Å². The maximum Gasteiger partial charge on any atom is 0.407 e. The number of methoxy groups -OCH3 is 1. The van der Waals surface area contributed by atoms with Gasteiger partial charge in [-0.25, -0.2) is 9.59 Å². The zero-order chi connectivity index (χ0) is 24.8.